The van der Waals surface area contributed by atoms with Crippen LogP contribution in [0.1, 0.15) is 40.9 Å². The van der Waals surface area contributed by atoms with E-state index in [1.54, 1.807) is 0 Å². The fourth-order valence-corrected chi connectivity index (χ4v) is 4.67. The Morgan fingerprint density at radius 3 is 2.50 bits per heavy atom. The van der Waals surface area contributed by atoms with Crippen LogP contribution in [0.5, 0.6) is 0 Å². The maximum Gasteiger partial charge on any atom is 0.339 e. The molecule has 1 fully saturated rings. The lowest BCUT2D eigenvalue weighted by atomic mass is 9.63. The molecule has 3 aromatic rings. The van der Waals surface area contributed by atoms with Gasteiger partial charge >= 0.3 is 5.97 Å². The first-order valence-corrected chi connectivity index (χ1v) is 9.72. The minimum atomic E-state index is -1.16. The number of aromatic nitrogens is 1. The molecule has 0 atom stereocenters. The third-order valence-corrected chi connectivity index (χ3v) is 6.23. The average Bonchev–Trinajstić information content (AvgIpc) is 2.99. The van der Waals surface area contributed by atoms with E-state index in [4.69, 9.17) is 0 Å². The fourth-order valence-electron chi connectivity index (χ4n) is 4.67. The van der Waals surface area contributed by atoms with Gasteiger partial charge in [0.25, 0.3) is 5.91 Å². The number of hydrogen-bond acceptors (Lipinski definition) is 2. The second-order valence-electron chi connectivity index (χ2n) is 7.96. The first-order valence-electron chi connectivity index (χ1n) is 9.72. The average molecular weight is 408 g/mol. The van der Waals surface area contributed by atoms with E-state index in [2.05, 4.69) is 4.98 Å². The molecule has 2 heterocycles. The Hall–Kier alpha value is -3.48. The highest BCUT2D eigenvalue weighted by Crippen LogP contribution is 2.51. The number of carbonyl (C=O) groups is 2. The van der Waals surface area contributed by atoms with Crippen molar-refractivity contribution in [2.24, 2.45) is 0 Å². The van der Waals surface area contributed by atoms with E-state index in [1.165, 1.54) is 17.2 Å². The Balaban J connectivity index is 1.68. The van der Waals surface area contributed by atoms with Crippen molar-refractivity contribution in [2.75, 3.05) is 6.54 Å². The maximum atomic E-state index is 13.7. The third-order valence-electron chi connectivity index (χ3n) is 6.23. The molecule has 1 spiro atoms. The molecule has 1 aromatic heterocycles. The number of aliphatic carboxylic acids is 1. The molecule has 2 aliphatic rings. The number of para-hydroxylation sites is 1. The van der Waals surface area contributed by atoms with Crippen molar-refractivity contribution in [3.8, 4) is 0 Å². The van der Waals surface area contributed by atoms with Crippen molar-refractivity contribution in [1.82, 2.24) is 9.88 Å². The van der Waals surface area contributed by atoms with Crippen molar-refractivity contribution < 1.29 is 23.5 Å². The Bertz CT molecular complexity index is 1240. The Morgan fingerprint density at radius 2 is 1.83 bits per heavy atom. The minimum absolute atomic E-state index is 0.0269. The number of nitrogens with one attached hydrogen (secondary N) is 1. The Labute approximate surface area is 170 Å². The van der Waals surface area contributed by atoms with Gasteiger partial charge in [0.2, 0.25) is 0 Å². The predicted octanol–water partition coefficient (Wildman–Crippen LogP) is 4.45. The summed E-state index contributed by atoms with van der Waals surface area (Å²) in [4.78, 5) is 29.8. The zero-order valence-electron chi connectivity index (χ0n) is 15.9. The minimum Gasteiger partial charge on any atom is -0.478 e. The van der Waals surface area contributed by atoms with E-state index in [9.17, 15) is 23.5 Å². The molecule has 30 heavy (non-hydrogen) atoms. The topological polar surface area (TPSA) is 73.4 Å². The summed E-state index contributed by atoms with van der Waals surface area (Å²) in [6, 6.07) is 10.6. The molecule has 2 N–H and O–H groups in total. The molecule has 1 saturated carbocycles. The smallest absolute Gasteiger partial charge is 0.339 e. The van der Waals surface area contributed by atoms with Crippen LogP contribution in [-0.4, -0.2) is 33.4 Å². The van der Waals surface area contributed by atoms with Crippen LogP contribution >= 0.6 is 0 Å². The summed E-state index contributed by atoms with van der Waals surface area (Å²) in [5.41, 5.74) is 1.82. The summed E-state index contributed by atoms with van der Waals surface area (Å²) < 4.78 is 27.0. The number of fused-ring (bicyclic) bond motifs is 4. The van der Waals surface area contributed by atoms with Gasteiger partial charge in [-0.1, -0.05) is 24.6 Å². The summed E-state index contributed by atoms with van der Waals surface area (Å²) in [6.07, 6.45) is 3.90. The lowest BCUT2D eigenvalue weighted by Crippen LogP contribution is -2.45. The number of hydrogen-bond donors (Lipinski definition) is 2. The molecular weight excluding hydrogens is 390 g/mol. The number of H-pyrrole nitrogens is 1. The number of nitrogens with zero attached hydrogens (tertiary/aromatic N) is 1. The van der Waals surface area contributed by atoms with Crippen LogP contribution in [0.4, 0.5) is 8.78 Å². The lowest BCUT2D eigenvalue weighted by Gasteiger charge is -2.44. The van der Waals surface area contributed by atoms with Crippen molar-refractivity contribution in [1.29, 1.82) is 0 Å². The summed E-state index contributed by atoms with van der Waals surface area (Å²) in [7, 11) is 0. The van der Waals surface area contributed by atoms with Gasteiger partial charge in [-0.2, -0.15) is 0 Å². The molecule has 7 heteroatoms. The van der Waals surface area contributed by atoms with E-state index >= 15 is 0 Å². The molecule has 5 rings (SSSR count). The van der Waals surface area contributed by atoms with Crippen molar-refractivity contribution in [3.05, 3.63) is 77.1 Å². The molecule has 152 valence electrons. The van der Waals surface area contributed by atoms with Crippen LogP contribution in [0, 0.1) is 11.6 Å². The highest BCUT2D eigenvalue weighted by molar-refractivity contribution is 6.17. The highest BCUT2D eigenvalue weighted by atomic mass is 19.2. The predicted molar refractivity (Wildman–Crippen MR) is 107 cm³/mol. The Morgan fingerprint density at radius 1 is 1.07 bits per heavy atom. The van der Waals surface area contributed by atoms with Gasteiger partial charge in [0.15, 0.2) is 11.6 Å². The second-order valence-corrected chi connectivity index (χ2v) is 7.96. The molecule has 2 aromatic carbocycles. The van der Waals surface area contributed by atoms with Gasteiger partial charge in [-0.15, -0.1) is 0 Å². The molecule has 0 saturated heterocycles. The van der Waals surface area contributed by atoms with Gasteiger partial charge in [0.1, 0.15) is 0 Å². The zero-order valence-corrected chi connectivity index (χ0v) is 15.9. The Kier molecular flexibility index (Phi) is 4.03. The van der Waals surface area contributed by atoms with E-state index in [-0.39, 0.29) is 17.7 Å². The number of aromatic amines is 1. The summed E-state index contributed by atoms with van der Waals surface area (Å²) in [6.45, 7) is 0.274. The van der Waals surface area contributed by atoms with Crippen molar-refractivity contribution in [2.45, 2.75) is 24.7 Å². The molecule has 0 bridgehead atoms. The van der Waals surface area contributed by atoms with Crippen LogP contribution in [0.25, 0.3) is 16.5 Å². The van der Waals surface area contributed by atoms with Gasteiger partial charge in [0.05, 0.1) is 11.3 Å². The highest BCUT2D eigenvalue weighted by Gasteiger charge is 2.46. The van der Waals surface area contributed by atoms with Crippen LogP contribution in [-0.2, 0) is 10.2 Å². The quantitative estimate of drug-likeness (QED) is 0.658. The number of rotatable bonds is 2. The number of halogens is 2. The van der Waals surface area contributed by atoms with Crippen LogP contribution in [0.2, 0.25) is 0 Å². The third kappa shape index (κ3) is 2.65. The molecule has 0 unspecified atom stereocenters. The van der Waals surface area contributed by atoms with Crippen LogP contribution in [0.3, 0.4) is 0 Å². The number of carboxylic acid groups (broad SMARTS) is 1. The molecular formula is C23H18F2N2O3. The molecule has 1 amide bonds. The van der Waals surface area contributed by atoms with E-state index in [0.717, 1.165) is 47.9 Å². The summed E-state index contributed by atoms with van der Waals surface area (Å²) in [5, 5.41) is 10.9. The summed E-state index contributed by atoms with van der Waals surface area (Å²) >= 11 is 0. The monoisotopic (exact) mass is 408 g/mol. The number of benzene rings is 2. The molecule has 1 aliphatic carbocycles. The number of carbonyl (C=O) groups excluding carboxylic acids is 1. The van der Waals surface area contributed by atoms with Gasteiger partial charge in [0, 0.05) is 34.6 Å². The van der Waals surface area contributed by atoms with Gasteiger partial charge < -0.3 is 15.0 Å². The maximum absolute atomic E-state index is 13.7. The normalized spacial score (nSPS) is 17.3. The molecule has 1 aliphatic heterocycles. The zero-order chi connectivity index (χ0) is 21.0. The molecule has 5 nitrogen and oxygen atoms in total. The van der Waals surface area contributed by atoms with Crippen LogP contribution in [0.15, 0.2) is 48.7 Å². The largest absolute Gasteiger partial charge is 0.478 e. The van der Waals surface area contributed by atoms with Crippen molar-refractivity contribution >= 4 is 28.4 Å². The van der Waals surface area contributed by atoms with Crippen LogP contribution < -0.4 is 0 Å². The first kappa shape index (κ1) is 18.5. The SMILES string of the molecule is O=C(O)C1=CN(C(=O)c2ccc(F)c(F)c2)CC2(CCC2)c2c1[nH]c1ccccc21. The van der Waals surface area contributed by atoms with E-state index in [0.29, 0.717) is 5.69 Å². The standard InChI is InChI=1S/C23H18F2N2O3/c24-16-7-6-13(10-17(16)25)21(28)27-11-15(22(29)30)20-19(23(12-27)8-3-9-23)14-4-1-2-5-18(14)26-20/h1-2,4-7,10-11,26H,3,8-9,12H2,(H,29,30). The van der Waals surface area contributed by atoms with Gasteiger partial charge in [-0.3, -0.25) is 4.79 Å². The van der Waals surface area contributed by atoms with E-state index in [1.807, 2.05) is 24.3 Å². The van der Waals surface area contributed by atoms with Gasteiger partial charge in [-0.25, -0.2) is 13.6 Å². The summed E-state index contributed by atoms with van der Waals surface area (Å²) in [5.74, 6) is -3.88. The fraction of sp³-hybridized carbons (Fsp3) is 0.217. The number of amides is 1. The second kappa shape index (κ2) is 6.52. The van der Waals surface area contributed by atoms with Gasteiger partial charge in [-0.05, 0) is 42.7 Å². The van der Waals surface area contributed by atoms with E-state index < -0.39 is 28.9 Å². The number of carboxylic acids is 1. The first-order chi connectivity index (χ1) is 14.4. The van der Waals surface area contributed by atoms with Crippen molar-refractivity contribution in [3.63, 3.8) is 0 Å². The lowest BCUT2D eigenvalue weighted by molar-refractivity contribution is -0.130. The molecule has 0 radical (unpaired) electrons.